The van der Waals surface area contributed by atoms with Crippen LogP contribution in [0.5, 0.6) is 0 Å². The number of hydrogen-bond acceptors (Lipinski definition) is 6. The Kier molecular flexibility index (Phi) is 2.46. The Morgan fingerprint density at radius 1 is 1.47 bits per heavy atom. The predicted molar refractivity (Wildman–Crippen MR) is 46.8 cm³/mol. The van der Waals surface area contributed by atoms with Gasteiger partial charge in [0, 0.05) is 0 Å². The van der Waals surface area contributed by atoms with Crippen molar-refractivity contribution in [2.24, 2.45) is 0 Å². The van der Waals surface area contributed by atoms with E-state index in [0.717, 1.165) is 0 Å². The van der Waals surface area contributed by atoms with E-state index in [1.807, 2.05) is 0 Å². The van der Waals surface area contributed by atoms with Crippen LogP contribution >= 0.6 is 0 Å². The highest BCUT2D eigenvalue weighted by atomic mass is 16.8. The maximum absolute atomic E-state index is 11.4. The van der Waals surface area contributed by atoms with E-state index in [2.05, 4.69) is 0 Å². The standard InChI is InChI=1S/C9H14O6/c1-9(2)14-6-5(4(11)3-10)13-8(12)7(6)15-9/h4-7,10-11H,3H2,1-2H3/t4-,5-,6+,7+/m0/s1. The molecule has 0 saturated carbocycles. The number of esters is 1. The average Bonchev–Trinajstić information content (AvgIpc) is 2.61. The molecule has 86 valence electrons. The number of fused-ring (bicyclic) bond motifs is 1. The second-order valence-electron chi connectivity index (χ2n) is 4.17. The Morgan fingerprint density at radius 2 is 2.13 bits per heavy atom. The van der Waals surface area contributed by atoms with Crippen LogP contribution in [0.15, 0.2) is 0 Å². The summed E-state index contributed by atoms with van der Waals surface area (Å²) >= 11 is 0. The molecule has 6 heteroatoms. The minimum atomic E-state index is -1.14. The lowest BCUT2D eigenvalue weighted by Gasteiger charge is -2.23. The van der Waals surface area contributed by atoms with Crippen LogP contribution < -0.4 is 0 Å². The molecule has 0 unspecified atom stereocenters. The monoisotopic (exact) mass is 218 g/mol. The van der Waals surface area contributed by atoms with Gasteiger partial charge in [-0.2, -0.15) is 0 Å². The van der Waals surface area contributed by atoms with Gasteiger partial charge in [-0.3, -0.25) is 0 Å². The van der Waals surface area contributed by atoms with Crippen LogP contribution in [0, 0.1) is 0 Å². The van der Waals surface area contributed by atoms with E-state index in [1.165, 1.54) is 0 Å². The van der Waals surface area contributed by atoms with Crippen LogP contribution in [0.2, 0.25) is 0 Å². The van der Waals surface area contributed by atoms with Crippen molar-refractivity contribution in [3.63, 3.8) is 0 Å². The molecule has 4 atom stereocenters. The van der Waals surface area contributed by atoms with E-state index < -0.39 is 42.8 Å². The Morgan fingerprint density at radius 3 is 2.73 bits per heavy atom. The number of rotatable bonds is 2. The molecule has 0 radical (unpaired) electrons. The molecule has 2 fully saturated rings. The number of cyclic esters (lactones) is 1. The van der Waals surface area contributed by atoms with E-state index in [-0.39, 0.29) is 0 Å². The van der Waals surface area contributed by atoms with Crippen LogP contribution in [0.1, 0.15) is 13.8 Å². The highest BCUT2D eigenvalue weighted by molar-refractivity contribution is 5.78. The minimum absolute atomic E-state index is 0.481. The first-order valence-electron chi connectivity index (χ1n) is 4.79. The van der Waals surface area contributed by atoms with Gasteiger partial charge in [-0.05, 0) is 13.8 Å². The lowest BCUT2D eigenvalue weighted by Crippen LogP contribution is -2.40. The molecule has 2 saturated heterocycles. The van der Waals surface area contributed by atoms with Crippen molar-refractivity contribution in [2.75, 3.05) is 6.61 Å². The van der Waals surface area contributed by atoms with Gasteiger partial charge < -0.3 is 24.4 Å². The zero-order valence-corrected chi connectivity index (χ0v) is 8.54. The third kappa shape index (κ3) is 1.74. The molecule has 0 aromatic carbocycles. The first kappa shape index (κ1) is 10.8. The first-order chi connectivity index (χ1) is 6.94. The summed E-state index contributed by atoms with van der Waals surface area (Å²) in [4.78, 5) is 11.4. The fourth-order valence-corrected chi connectivity index (χ4v) is 1.88. The van der Waals surface area contributed by atoms with Gasteiger partial charge >= 0.3 is 5.97 Å². The van der Waals surface area contributed by atoms with Crippen LogP contribution in [0.25, 0.3) is 0 Å². The third-order valence-electron chi connectivity index (χ3n) is 2.50. The maximum atomic E-state index is 11.4. The largest absolute Gasteiger partial charge is 0.455 e. The Bertz CT molecular complexity index is 276. The summed E-state index contributed by atoms with van der Waals surface area (Å²) < 4.78 is 15.6. The zero-order chi connectivity index (χ0) is 11.2. The summed E-state index contributed by atoms with van der Waals surface area (Å²) in [5.41, 5.74) is 0. The number of aliphatic hydroxyl groups is 2. The summed E-state index contributed by atoms with van der Waals surface area (Å²) in [6.45, 7) is 2.88. The van der Waals surface area contributed by atoms with Crippen molar-refractivity contribution in [3.05, 3.63) is 0 Å². The van der Waals surface area contributed by atoms with Gasteiger partial charge in [-0.15, -0.1) is 0 Å². The van der Waals surface area contributed by atoms with Crippen molar-refractivity contribution in [3.8, 4) is 0 Å². The van der Waals surface area contributed by atoms with E-state index in [0.29, 0.717) is 0 Å². The Hall–Kier alpha value is -0.690. The van der Waals surface area contributed by atoms with E-state index in [9.17, 15) is 9.90 Å². The molecule has 6 nitrogen and oxygen atoms in total. The molecule has 2 aliphatic heterocycles. The van der Waals surface area contributed by atoms with Crippen molar-refractivity contribution < 1.29 is 29.2 Å². The highest BCUT2D eigenvalue weighted by Gasteiger charge is 2.57. The van der Waals surface area contributed by atoms with Gasteiger partial charge in [0.2, 0.25) is 0 Å². The second kappa shape index (κ2) is 3.41. The second-order valence-corrected chi connectivity index (χ2v) is 4.17. The predicted octanol–water partition coefficient (Wildman–Crippen LogP) is -1.21. The van der Waals surface area contributed by atoms with Crippen LogP contribution in [-0.2, 0) is 19.0 Å². The molecule has 0 aliphatic carbocycles. The highest BCUT2D eigenvalue weighted by Crippen LogP contribution is 2.36. The average molecular weight is 218 g/mol. The quantitative estimate of drug-likeness (QED) is 0.565. The molecule has 0 aromatic rings. The van der Waals surface area contributed by atoms with E-state index in [1.54, 1.807) is 13.8 Å². The van der Waals surface area contributed by atoms with E-state index in [4.69, 9.17) is 19.3 Å². The number of ether oxygens (including phenoxy) is 3. The Labute approximate surface area is 86.7 Å². The minimum Gasteiger partial charge on any atom is -0.455 e. The number of carbonyl (C=O) groups excluding carboxylic acids is 1. The van der Waals surface area contributed by atoms with Crippen molar-refractivity contribution in [1.82, 2.24) is 0 Å². The Balaban J connectivity index is 2.16. The van der Waals surface area contributed by atoms with Crippen LogP contribution in [0.3, 0.4) is 0 Å². The SMILES string of the molecule is CC1(C)O[C@@H]2[C@H]([C@@H](O)CO)OC(=O)[C@@H]2O1. The van der Waals surface area contributed by atoms with Gasteiger partial charge in [0.25, 0.3) is 0 Å². The van der Waals surface area contributed by atoms with Crippen LogP contribution in [-0.4, -0.2) is 53.0 Å². The van der Waals surface area contributed by atoms with Crippen LogP contribution in [0.4, 0.5) is 0 Å². The summed E-state index contributed by atoms with van der Waals surface area (Å²) in [5, 5.41) is 18.2. The molecule has 15 heavy (non-hydrogen) atoms. The summed E-state index contributed by atoms with van der Waals surface area (Å²) in [7, 11) is 0. The van der Waals surface area contributed by atoms with Gasteiger partial charge in [0.15, 0.2) is 18.0 Å². The topological polar surface area (TPSA) is 85.2 Å². The van der Waals surface area contributed by atoms with Crippen molar-refractivity contribution in [1.29, 1.82) is 0 Å². The molecule has 0 spiro atoms. The molecule has 2 N–H and O–H groups in total. The number of aliphatic hydroxyl groups excluding tert-OH is 2. The van der Waals surface area contributed by atoms with Gasteiger partial charge in [0.05, 0.1) is 6.61 Å². The molecule has 2 rings (SSSR count). The molecule has 0 aromatic heterocycles. The van der Waals surface area contributed by atoms with Gasteiger partial charge in [-0.25, -0.2) is 4.79 Å². The van der Waals surface area contributed by atoms with E-state index >= 15 is 0 Å². The molecule has 0 bridgehead atoms. The first-order valence-corrected chi connectivity index (χ1v) is 4.79. The summed E-state index contributed by atoms with van der Waals surface area (Å²) in [5.74, 6) is -1.41. The smallest absolute Gasteiger partial charge is 0.338 e. The molecular weight excluding hydrogens is 204 g/mol. The van der Waals surface area contributed by atoms with Gasteiger partial charge in [-0.1, -0.05) is 0 Å². The van der Waals surface area contributed by atoms with Crippen molar-refractivity contribution in [2.45, 2.75) is 44.1 Å². The zero-order valence-electron chi connectivity index (χ0n) is 8.54. The molecule has 2 heterocycles. The number of hydrogen-bond donors (Lipinski definition) is 2. The lowest BCUT2D eigenvalue weighted by atomic mass is 10.1. The fourth-order valence-electron chi connectivity index (χ4n) is 1.88. The normalized spacial score (nSPS) is 40.0. The third-order valence-corrected chi connectivity index (χ3v) is 2.50. The molecular formula is C9H14O6. The molecule has 2 aliphatic rings. The maximum Gasteiger partial charge on any atom is 0.338 e. The summed E-state index contributed by atoms with van der Waals surface area (Å²) in [6.07, 6.45) is -3.43. The summed E-state index contributed by atoms with van der Waals surface area (Å²) in [6, 6.07) is 0. The number of carbonyl (C=O) groups is 1. The van der Waals surface area contributed by atoms with Gasteiger partial charge in [0.1, 0.15) is 12.2 Å². The molecule has 0 amide bonds. The lowest BCUT2D eigenvalue weighted by molar-refractivity contribution is -0.195. The fraction of sp³-hybridized carbons (Fsp3) is 0.889. The van der Waals surface area contributed by atoms with Crippen molar-refractivity contribution >= 4 is 5.97 Å².